The van der Waals surface area contributed by atoms with Crippen LogP contribution in [0.5, 0.6) is 0 Å². The zero-order chi connectivity index (χ0) is 76.7. The van der Waals surface area contributed by atoms with Crippen LogP contribution in [0.15, 0.2) is 24.3 Å². The molecule has 5 saturated heterocycles. The number of aliphatic hydroxyl groups is 20. The van der Waals surface area contributed by atoms with Crippen LogP contribution in [0.2, 0.25) is 0 Å². The predicted molar refractivity (Wildman–Crippen MR) is 330 cm³/mol. The first-order valence-electron chi connectivity index (χ1n) is 34.5. The van der Waals surface area contributed by atoms with Crippen molar-refractivity contribution in [3.05, 3.63) is 24.3 Å². The fourth-order valence-electron chi connectivity index (χ4n) is 14.7. The second kappa shape index (κ2) is 36.9. The smallest absolute Gasteiger partial charge is 0.348 e. The number of hydrogen-bond acceptors (Lipinski definition) is 37. The lowest BCUT2D eigenvalue weighted by atomic mass is 9.72. The van der Waals surface area contributed by atoms with Gasteiger partial charge in [-0.05, 0) is 76.0 Å². The molecule has 0 aromatic rings. The van der Waals surface area contributed by atoms with E-state index in [1.165, 1.54) is 12.2 Å². The van der Waals surface area contributed by atoms with Crippen LogP contribution in [-0.2, 0) is 90.4 Å². The van der Waals surface area contributed by atoms with Crippen LogP contribution in [0.4, 0.5) is 0 Å². The van der Waals surface area contributed by atoms with E-state index < -0.39 is 288 Å². The van der Waals surface area contributed by atoms with Gasteiger partial charge in [0.15, 0.2) is 55.7 Å². The third-order valence-corrected chi connectivity index (χ3v) is 20.7. The van der Waals surface area contributed by atoms with Gasteiger partial charge >= 0.3 is 41.8 Å². The lowest BCUT2D eigenvalue weighted by Crippen LogP contribution is -2.66. The van der Waals surface area contributed by atoms with Crippen molar-refractivity contribution in [3.8, 4) is 0 Å². The maximum atomic E-state index is 13.6. The number of ether oxygens (including phenoxy) is 13. The molecule has 15 unspecified atom stereocenters. The van der Waals surface area contributed by atoms with E-state index in [0.717, 1.165) is 12.2 Å². The number of rotatable bonds is 26. The van der Waals surface area contributed by atoms with Crippen molar-refractivity contribution in [2.24, 2.45) is 23.7 Å². The molecule has 4 saturated carbocycles. The molecule has 0 spiro atoms. The van der Waals surface area contributed by atoms with Gasteiger partial charge in [0.05, 0.1) is 61.4 Å². The number of allylic oxidation sites excluding steroid dienone is 2. The van der Waals surface area contributed by atoms with E-state index in [0.29, 0.717) is 12.8 Å². The summed E-state index contributed by atoms with van der Waals surface area (Å²) in [5, 5.41) is 224. The Bertz CT molecular complexity index is 2980. The summed E-state index contributed by atoms with van der Waals surface area (Å²) in [7, 11) is 0. The molecule has 4 aliphatic carbocycles. The minimum atomic E-state index is -2.80. The quantitative estimate of drug-likeness (QED) is 0.0126. The first-order chi connectivity index (χ1) is 49.6. The maximum Gasteiger partial charge on any atom is 0.348 e. The largest absolute Gasteiger partial charge is 0.479 e. The number of hydrogen-bond donors (Lipinski definition) is 21. The van der Waals surface area contributed by atoms with Crippen LogP contribution in [0.1, 0.15) is 83.5 Å². The summed E-state index contributed by atoms with van der Waals surface area (Å²) in [5.74, 6) is -14.1. The molecule has 37 atom stereocenters. The van der Waals surface area contributed by atoms with Gasteiger partial charge in [0.2, 0.25) is 6.10 Å². The molecular formula is C64H95O41+. The Labute approximate surface area is 596 Å². The van der Waals surface area contributed by atoms with Gasteiger partial charge in [-0.2, -0.15) is 0 Å². The summed E-state index contributed by atoms with van der Waals surface area (Å²) in [5.41, 5.74) is 0. The van der Waals surface area contributed by atoms with E-state index in [9.17, 15) is 136 Å². The number of esters is 4. The molecule has 9 aliphatic rings. The summed E-state index contributed by atoms with van der Waals surface area (Å²) >= 11 is 0. The number of aliphatic carboxylic acids is 3. The molecule has 41 nitrogen and oxygen atoms in total. The summed E-state index contributed by atoms with van der Waals surface area (Å²) in [6, 6.07) is 0. The zero-order valence-corrected chi connectivity index (χ0v) is 56.1. The molecule has 105 heavy (non-hydrogen) atoms. The summed E-state index contributed by atoms with van der Waals surface area (Å²) < 4.78 is 74.3. The lowest BCUT2D eigenvalue weighted by molar-refractivity contribution is -0.388. The predicted octanol–water partition coefficient (Wildman–Crippen LogP) is -10.3. The number of carboxylic acid groups (broad SMARTS) is 3. The van der Waals surface area contributed by atoms with Gasteiger partial charge in [-0.25, -0.2) is 24.0 Å². The molecule has 0 amide bonds. The van der Waals surface area contributed by atoms with Crippen LogP contribution < -0.4 is 0 Å². The Balaban J connectivity index is 1.00. The van der Waals surface area contributed by atoms with E-state index in [1.807, 2.05) is 0 Å². The SMILES string of the molecule is O=C(C=CC1CCC(O)C(O)C1)OC[C@@H]1O[C@H](OC2CC(O)C3CC(O[C@H]4O[C@@H](COC(=O)CC(=O)O[C@H](C(=O)O)[C@@H](O)C(=O)O)[C@H](O)[C@@H](O)[C@@H]4O[C@H]4O[C@@H](CO)[C@H](O)[C@@H](O)[C@@H]4OC(=O)C=CC4CCC(O)C(O)C4)C(C4CCC(O)C(O[C@H]5O[C@@H](C(=O)O)[C@H](O)[C@@H](O)[C@@H]5O)C4)[OH+]C3C2)[C@@H](O)[C@H](O)[C@H]1O. The minimum absolute atomic E-state index is 0.000258. The average molecular weight is 1520 g/mol. The molecule has 0 bridgehead atoms. The van der Waals surface area contributed by atoms with Gasteiger partial charge in [0, 0.05) is 30.9 Å². The Morgan fingerprint density at radius 1 is 0.457 bits per heavy atom. The molecule has 0 aromatic carbocycles. The van der Waals surface area contributed by atoms with Crippen molar-refractivity contribution < 1.29 is 202 Å². The Kier molecular flexibility index (Phi) is 29.4. The highest BCUT2D eigenvalue weighted by Gasteiger charge is 2.59. The van der Waals surface area contributed by atoms with Crippen molar-refractivity contribution in [3.63, 3.8) is 0 Å². The Hall–Kier alpha value is -5.31. The number of carbonyl (C=O) groups is 7. The fraction of sp³-hybridized carbons (Fsp3) is 0.828. The molecule has 9 fully saturated rings. The van der Waals surface area contributed by atoms with Crippen LogP contribution >= 0.6 is 0 Å². The topological polar surface area (TPSA) is 668 Å². The molecule has 596 valence electrons. The van der Waals surface area contributed by atoms with Gasteiger partial charge < -0.3 is 169 Å². The molecule has 5 heterocycles. The normalized spacial score (nSPS) is 44.6. The first-order valence-corrected chi connectivity index (χ1v) is 34.5. The summed E-state index contributed by atoms with van der Waals surface area (Å²) in [6.45, 7) is -2.88. The third-order valence-electron chi connectivity index (χ3n) is 20.7. The van der Waals surface area contributed by atoms with Crippen LogP contribution in [-0.4, -0.2) is 376 Å². The zero-order valence-electron chi connectivity index (χ0n) is 56.1. The van der Waals surface area contributed by atoms with E-state index in [4.69, 9.17) is 61.9 Å². The van der Waals surface area contributed by atoms with Gasteiger partial charge in [0.1, 0.15) is 111 Å². The second-order valence-electron chi connectivity index (χ2n) is 28.0. The molecule has 9 rings (SSSR count). The molecule has 22 N–H and O–H groups in total. The number of carbonyl (C=O) groups excluding carboxylic acids is 4. The van der Waals surface area contributed by atoms with Crippen LogP contribution in [0.3, 0.4) is 0 Å². The van der Waals surface area contributed by atoms with E-state index >= 15 is 0 Å². The Morgan fingerprint density at radius 2 is 0.990 bits per heavy atom. The van der Waals surface area contributed by atoms with Gasteiger partial charge in [-0.15, -0.1) is 0 Å². The number of carboxylic acids is 3. The fourth-order valence-corrected chi connectivity index (χ4v) is 14.7. The second-order valence-corrected chi connectivity index (χ2v) is 28.0. The highest BCUT2D eigenvalue weighted by molar-refractivity contribution is 5.93. The first kappa shape index (κ1) is 83.7. The number of fused-ring (bicyclic) bond motifs is 1. The molecular weight excluding hydrogens is 1420 g/mol. The molecule has 0 radical (unpaired) electrons. The van der Waals surface area contributed by atoms with E-state index in [-0.39, 0.29) is 70.1 Å². The lowest BCUT2D eigenvalue weighted by Gasteiger charge is -2.50. The highest BCUT2D eigenvalue weighted by Crippen LogP contribution is 2.45. The minimum Gasteiger partial charge on any atom is -0.479 e. The van der Waals surface area contributed by atoms with Gasteiger partial charge in [-0.1, -0.05) is 12.2 Å². The average Bonchev–Trinajstić information content (AvgIpc) is 0.760. The van der Waals surface area contributed by atoms with Crippen molar-refractivity contribution in [1.29, 1.82) is 0 Å². The molecule has 0 aromatic heterocycles. The molecule has 5 aliphatic heterocycles. The van der Waals surface area contributed by atoms with E-state index in [2.05, 4.69) is 4.74 Å². The standard InChI is InChI=1S/C64H94O41/c65-18-35-42(76)47(81)56(102-39(73)10-4-22-2-7-27(67)31(71)12-22)64(99-35)105-57-48(82)44(78)37(20-94-40(74)17-41(75)103-55(60(91)92)52(86)58(87)88)101-63(57)98-34-16-25-29(69)14-24(95-61-50(84)45(79)43(77)36(100-61)19-93-38(72)9-3-21-1-6-26(66)30(70)11-21)15-32(25)96-53(34)23-5-8-28(68)33(13-23)97-62-51(85)46(80)49(83)54(104-62)59(89)90/h3-4,9-10,21-37,42-57,61-71,76-86H,1-2,5-8,11-20H2,(H,87,88)(H,89,90)(H,91,92)/p+1/t21?,22?,23?,24?,25?,26?,27?,28?,29?,30?,31?,32?,33?,34?,35-,36-,37-,42-,43-,44-,45+,46+,47+,48+,49+,50-,51-,52+,53?,54+,55-,56-,57-,61-,62-,63-,64+/m0/s1. The summed E-state index contributed by atoms with van der Waals surface area (Å²) in [6.07, 6.45) is -56.2. The highest BCUT2D eigenvalue weighted by atomic mass is 16.8. The third kappa shape index (κ3) is 20.6. The Morgan fingerprint density at radius 3 is 1.59 bits per heavy atom. The van der Waals surface area contributed by atoms with Crippen LogP contribution in [0.25, 0.3) is 0 Å². The molecule has 41 heteroatoms. The van der Waals surface area contributed by atoms with E-state index in [1.54, 1.807) is 0 Å². The van der Waals surface area contributed by atoms with Gasteiger partial charge in [-0.3, -0.25) is 9.59 Å². The maximum absolute atomic E-state index is 13.6. The van der Waals surface area contributed by atoms with Crippen molar-refractivity contribution in [2.45, 2.75) is 286 Å². The monoisotopic (exact) mass is 1520 g/mol. The van der Waals surface area contributed by atoms with Crippen LogP contribution in [0, 0.1) is 23.7 Å². The van der Waals surface area contributed by atoms with Gasteiger partial charge in [0.25, 0.3) is 0 Å². The van der Waals surface area contributed by atoms with Crippen molar-refractivity contribution in [2.75, 3.05) is 19.8 Å². The summed E-state index contributed by atoms with van der Waals surface area (Å²) in [4.78, 5) is 87.4. The number of aliphatic hydroxyl groups excluding tert-OH is 18. The van der Waals surface area contributed by atoms with Crippen molar-refractivity contribution >= 4 is 41.8 Å². The van der Waals surface area contributed by atoms with Crippen molar-refractivity contribution in [1.82, 2.24) is 0 Å².